The van der Waals surface area contributed by atoms with Gasteiger partial charge in [0.2, 0.25) is 0 Å². The lowest BCUT2D eigenvalue weighted by Gasteiger charge is -2.21. The Morgan fingerprint density at radius 2 is 1.48 bits per heavy atom. The average molecular weight is 467 g/mol. The van der Waals surface area contributed by atoms with E-state index >= 15 is 0 Å². The van der Waals surface area contributed by atoms with Crippen molar-refractivity contribution in [3.63, 3.8) is 0 Å². The fraction of sp³-hybridized carbons (Fsp3) is 0.269. The summed E-state index contributed by atoms with van der Waals surface area (Å²) in [6, 6.07) is 16.8. The Kier molecular flexibility index (Phi) is 7.12. The van der Waals surface area contributed by atoms with Crippen molar-refractivity contribution < 1.29 is 17.9 Å². The third-order valence-corrected chi connectivity index (χ3v) is 7.71. The van der Waals surface area contributed by atoms with Crippen molar-refractivity contribution in [1.29, 1.82) is 0 Å². The van der Waals surface area contributed by atoms with Crippen molar-refractivity contribution in [1.82, 2.24) is 5.32 Å². The third-order valence-electron chi connectivity index (χ3n) is 5.91. The molecule has 174 valence electrons. The highest BCUT2D eigenvalue weighted by Gasteiger charge is 2.22. The molecule has 0 saturated heterocycles. The first-order valence-corrected chi connectivity index (χ1v) is 12.1. The Bertz CT molecular complexity index is 1250. The summed E-state index contributed by atoms with van der Waals surface area (Å²) in [4.78, 5) is 13.0. The number of amides is 1. The predicted octanol–water partition coefficient (Wildman–Crippen LogP) is 4.94. The second-order valence-corrected chi connectivity index (χ2v) is 10.2. The summed E-state index contributed by atoms with van der Waals surface area (Å²) in [5.41, 5.74) is 5.53. The van der Waals surface area contributed by atoms with Gasteiger partial charge < -0.3 is 10.1 Å². The van der Waals surface area contributed by atoms with Gasteiger partial charge in [0.05, 0.1) is 23.7 Å². The smallest absolute Gasteiger partial charge is 0.264 e. The Morgan fingerprint density at radius 1 is 0.909 bits per heavy atom. The minimum Gasteiger partial charge on any atom is -0.497 e. The van der Waals surface area contributed by atoms with E-state index in [4.69, 9.17) is 4.74 Å². The molecule has 0 aromatic heterocycles. The lowest BCUT2D eigenvalue weighted by atomic mass is 9.96. The highest BCUT2D eigenvalue weighted by molar-refractivity contribution is 7.92. The van der Waals surface area contributed by atoms with Gasteiger partial charge >= 0.3 is 0 Å². The molecule has 0 heterocycles. The number of carbonyl (C=O) groups is 1. The number of carbonyl (C=O) groups excluding carboxylic acids is 1. The zero-order chi connectivity index (χ0) is 24.3. The van der Waals surface area contributed by atoms with Gasteiger partial charge in [0.25, 0.3) is 15.9 Å². The topological polar surface area (TPSA) is 75.7 Å². The van der Waals surface area contributed by atoms with Crippen LogP contribution >= 0.6 is 0 Å². The van der Waals surface area contributed by atoms with E-state index in [0.717, 1.165) is 11.1 Å². The number of aryl methyl sites for hydroxylation is 3. The van der Waals surface area contributed by atoms with Crippen LogP contribution in [0.15, 0.2) is 65.6 Å². The second-order valence-electron chi connectivity index (χ2n) is 8.18. The molecule has 1 unspecified atom stereocenters. The van der Waals surface area contributed by atoms with Gasteiger partial charge in [0.1, 0.15) is 5.75 Å². The number of rotatable bonds is 7. The van der Waals surface area contributed by atoms with E-state index in [1.807, 2.05) is 13.8 Å². The molecule has 1 N–H and O–H groups in total. The van der Waals surface area contributed by atoms with Crippen molar-refractivity contribution in [2.45, 2.75) is 38.6 Å². The molecule has 0 aliphatic heterocycles. The number of hydrogen-bond donors (Lipinski definition) is 1. The largest absolute Gasteiger partial charge is 0.497 e. The van der Waals surface area contributed by atoms with Crippen LogP contribution in [0.4, 0.5) is 5.69 Å². The van der Waals surface area contributed by atoms with Crippen LogP contribution in [0.2, 0.25) is 0 Å². The fourth-order valence-electron chi connectivity index (χ4n) is 3.67. The van der Waals surface area contributed by atoms with Gasteiger partial charge in [-0.3, -0.25) is 9.10 Å². The van der Waals surface area contributed by atoms with E-state index in [9.17, 15) is 13.2 Å². The predicted molar refractivity (Wildman–Crippen MR) is 132 cm³/mol. The van der Waals surface area contributed by atoms with Crippen LogP contribution in [0, 0.1) is 20.8 Å². The van der Waals surface area contributed by atoms with Crippen molar-refractivity contribution >= 4 is 21.6 Å². The minimum atomic E-state index is -3.74. The second kappa shape index (κ2) is 9.67. The number of benzene rings is 3. The van der Waals surface area contributed by atoms with Crippen LogP contribution in [0.3, 0.4) is 0 Å². The highest BCUT2D eigenvalue weighted by Crippen LogP contribution is 2.25. The summed E-state index contributed by atoms with van der Waals surface area (Å²) in [7, 11) is -0.730. The van der Waals surface area contributed by atoms with Crippen LogP contribution in [-0.2, 0) is 10.0 Å². The highest BCUT2D eigenvalue weighted by atomic mass is 32.2. The van der Waals surface area contributed by atoms with Gasteiger partial charge in [-0.1, -0.05) is 12.1 Å². The van der Waals surface area contributed by atoms with Crippen molar-refractivity contribution in [2.24, 2.45) is 0 Å². The molecule has 1 atom stereocenters. The first kappa shape index (κ1) is 24.3. The van der Waals surface area contributed by atoms with Crippen molar-refractivity contribution in [3.8, 4) is 5.75 Å². The molecule has 0 spiro atoms. The summed E-state index contributed by atoms with van der Waals surface area (Å²) in [6.07, 6.45) is 0. The molecular weight excluding hydrogens is 436 g/mol. The minimum absolute atomic E-state index is 0.158. The summed E-state index contributed by atoms with van der Waals surface area (Å²) in [5, 5.41) is 3.03. The SMILES string of the molecule is COc1ccc(S(=O)(=O)N(C)c2ccc(C(=O)NC(C)c3cc(C)c(C)cc3C)cc2)cc1. The summed E-state index contributed by atoms with van der Waals surface area (Å²) in [5.74, 6) is 0.365. The van der Waals surface area contributed by atoms with E-state index in [1.165, 1.54) is 41.7 Å². The molecule has 0 fully saturated rings. The van der Waals surface area contributed by atoms with Gasteiger partial charge in [-0.15, -0.1) is 0 Å². The lowest BCUT2D eigenvalue weighted by Crippen LogP contribution is -2.28. The molecule has 6 nitrogen and oxygen atoms in total. The molecule has 1 amide bonds. The molecule has 0 bridgehead atoms. The Balaban J connectivity index is 1.75. The Labute approximate surface area is 196 Å². The number of sulfonamides is 1. The zero-order valence-corrected chi connectivity index (χ0v) is 20.7. The normalized spacial score (nSPS) is 12.2. The molecule has 0 aliphatic rings. The Morgan fingerprint density at radius 3 is 2.06 bits per heavy atom. The first-order chi connectivity index (χ1) is 15.5. The van der Waals surface area contributed by atoms with Gasteiger partial charge in [-0.05, 0) is 98.5 Å². The monoisotopic (exact) mass is 466 g/mol. The molecule has 0 radical (unpaired) electrons. The van der Waals surface area contributed by atoms with E-state index < -0.39 is 10.0 Å². The van der Waals surface area contributed by atoms with Crippen LogP contribution in [0.1, 0.15) is 45.6 Å². The number of nitrogens with one attached hydrogen (secondary N) is 1. The van der Waals surface area contributed by atoms with Gasteiger partial charge in [0, 0.05) is 12.6 Å². The number of ether oxygens (including phenoxy) is 1. The van der Waals surface area contributed by atoms with E-state index in [-0.39, 0.29) is 16.8 Å². The van der Waals surface area contributed by atoms with Crippen LogP contribution < -0.4 is 14.4 Å². The maximum absolute atomic E-state index is 12.9. The molecule has 7 heteroatoms. The van der Waals surface area contributed by atoms with Crippen LogP contribution in [-0.4, -0.2) is 28.5 Å². The molecular formula is C26H30N2O4S. The van der Waals surface area contributed by atoms with Crippen LogP contribution in [0.25, 0.3) is 0 Å². The maximum atomic E-state index is 12.9. The maximum Gasteiger partial charge on any atom is 0.264 e. The quantitative estimate of drug-likeness (QED) is 0.535. The number of methoxy groups -OCH3 is 1. The average Bonchev–Trinajstić information content (AvgIpc) is 2.80. The summed E-state index contributed by atoms with van der Waals surface area (Å²) >= 11 is 0. The third kappa shape index (κ3) is 5.20. The van der Waals surface area contributed by atoms with E-state index in [2.05, 4.69) is 31.3 Å². The molecule has 0 aliphatic carbocycles. The van der Waals surface area contributed by atoms with E-state index in [0.29, 0.717) is 17.0 Å². The fourth-order valence-corrected chi connectivity index (χ4v) is 4.87. The standard InChI is InChI=1S/C26H30N2O4S/c1-17-15-19(3)25(16-18(17)2)20(4)27-26(29)21-7-9-22(10-8-21)28(5)33(30,31)24-13-11-23(32-6)12-14-24/h7-16,20H,1-6H3,(H,27,29). The van der Waals surface area contributed by atoms with Crippen molar-refractivity contribution in [3.05, 3.63) is 88.5 Å². The zero-order valence-electron chi connectivity index (χ0n) is 19.8. The first-order valence-electron chi connectivity index (χ1n) is 10.7. The molecule has 33 heavy (non-hydrogen) atoms. The van der Waals surface area contributed by atoms with Gasteiger partial charge in [-0.25, -0.2) is 8.42 Å². The van der Waals surface area contributed by atoms with Gasteiger partial charge in [-0.2, -0.15) is 0 Å². The lowest BCUT2D eigenvalue weighted by molar-refractivity contribution is 0.0940. The Hall–Kier alpha value is -3.32. The molecule has 3 aromatic carbocycles. The molecule has 3 rings (SSSR count). The molecule has 3 aromatic rings. The number of hydrogen-bond acceptors (Lipinski definition) is 4. The van der Waals surface area contributed by atoms with Gasteiger partial charge in [0.15, 0.2) is 0 Å². The van der Waals surface area contributed by atoms with Crippen LogP contribution in [0.5, 0.6) is 5.75 Å². The number of nitrogens with zero attached hydrogens (tertiary/aromatic N) is 1. The molecule has 0 saturated carbocycles. The summed E-state index contributed by atoms with van der Waals surface area (Å²) in [6.45, 7) is 8.13. The summed E-state index contributed by atoms with van der Waals surface area (Å²) < 4.78 is 32.2. The van der Waals surface area contributed by atoms with E-state index in [1.54, 1.807) is 36.4 Å². The number of anilines is 1. The van der Waals surface area contributed by atoms with Crippen molar-refractivity contribution in [2.75, 3.05) is 18.5 Å².